The lowest BCUT2D eigenvalue weighted by molar-refractivity contribution is -0.144. The van der Waals surface area contributed by atoms with Gasteiger partial charge in [-0.2, -0.15) is 0 Å². The predicted molar refractivity (Wildman–Crippen MR) is 297 cm³/mol. The summed E-state index contributed by atoms with van der Waals surface area (Å²) >= 11 is 0. The maximum Gasteiger partial charge on any atom is 0.336 e. The Balaban J connectivity index is 1.54. The summed E-state index contributed by atoms with van der Waals surface area (Å²) in [6.07, 6.45) is 1.38. The lowest BCUT2D eigenvalue weighted by atomic mass is 9.78. The summed E-state index contributed by atoms with van der Waals surface area (Å²) in [6, 6.07) is 11.5. The fourth-order valence-electron chi connectivity index (χ4n) is 9.18. The van der Waals surface area contributed by atoms with Crippen LogP contribution < -0.4 is 17.1 Å². The van der Waals surface area contributed by atoms with Crippen molar-refractivity contribution in [3.8, 4) is 17.2 Å². The fraction of sp³-hybridized carbons (Fsp3) is 0.607. The van der Waals surface area contributed by atoms with Crippen molar-refractivity contribution in [3.63, 3.8) is 0 Å². The summed E-state index contributed by atoms with van der Waals surface area (Å²) < 4.78 is 13.6. The first-order valence-corrected chi connectivity index (χ1v) is 26.6. The van der Waals surface area contributed by atoms with Gasteiger partial charge in [0.25, 0.3) is 0 Å². The summed E-state index contributed by atoms with van der Waals surface area (Å²) in [4.78, 5) is 81.6. The van der Waals surface area contributed by atoms with Gasteiger partial charge in [-0.3, -0.25) is 14.4 Å². The Morgan fingerprint density at radius 3 is 0.880 bits per heavy atom. The molecule has 0 bridgehead atoms. The van der Waals surface area contributed by atoms with Crippen molar-refractivity contribution in [3.05, 3.63) is 118 Å². The first kappa shape index (κ1) is 61.6. The lowest BCUT2D eigenvalue weighted by Gasteiger charge is -2.28. The van der Waals surface area contributed by atoms with E-state index in [4.69, 9.17) is 9.47 Å². The van der Waals surface area contributed by atoms with Gasteiger partial charge in [0.15, 0.2) is 0 Å². The van der Waals surface area contributed by atoms with Crippen LogP contribution in [0.3, 0.4) is 0 Å². The molecule has 4 rings (SSSR count). The number of aromatic hydroxyl groups is 3. The van der Waals surface area contributed by atoms with Gasteiger partial charge in [-0.15, -0.1) is 0 Å². The molecule has 0 saturated heterocycles. The molecular formula is C61H89N3O11. The van der Waals surface area contributed by atoms with E-state index in [0.29, 0.717) is 19.3 Å². The van der Waals surface area contributed by atoms with Crippen LogP contribution in [0.15, 0.2) is 50.8 Å². The second-order valence-corrected chi connectivity index (χ2v) is 26.5. The summed E-state index contributed by atoms with van der Waals surface area (Å²) in [5, 5.41) is 33.5. The monoisotopic (exact) mass is 1040 g/mol. The van der Waals surface area contributed by atoms with Gasteiger partial charge in [0.05, 0.1) is 13.1 Å². The van der Waals surface area contributed by atoms with Crippen molar-refractivity contribution < 1.29 is 39.2 Å². The zero-order valence-corrected chi connectivity index (χ0v) is 48.6. The minimum atomic E-state index is -0.968. The number of Topliss-reactive ketones (excluding diaryl/α,β-unsaturated/α-hetero) is 1. The molecule has 0 unspecified atom stereocenters. The molecule has 0 radical (unpaired) electrons. The number of rotatable bonds is 19. The first-order valence-electron chi connectivity index (χ1n) is 26.6. The van der Waals surface area contributed by atoms with Crippen molar-refractivity contribution in [2.75, 3.05) is 13.2 Å². The maximum absolute atomic E-state index is 14.0. The first-order chi connectivity index (χ1) is 34.2. The van der Waals surface area contributed by atoms with Gasteiger partial charge in [0.2, 0.25) is 0 Å². The van der Waals surface area contributed by atoms with Crippen LogP contribution in [0.5, 0.6) is 17.2 Å². The van der Waals surface area contributed by atoms with Crippen LogP contribution >= 0.6 is 0 Å². The zero-order chi connectivity index (χ0) is 57.0. The molecule has 0 aliphatic rings. The Labute approximate surface area is 445 Å². The molecule has 0 aliphatic carbocycles. The Bertz CT molecular complexity index is 2460. The maximum atomic E-state index is 14.0. The molecule has 75 heavy (non-hydrogen) atoms. The van der Waals surface area contributed by atoms with Gasteiger partial charge < -0.3 is 24.8 Å². The molecule has 0 saturated carbocycles. The number of aromatic nitrogens is 3. The third kappa shape index (κ3) is 16.3. The van der Waals surface area contributed by atoms with Crippen LogP contribution in [-0.2, 0) is 95.2 Å². The molecule has 1 heterocycles. The Morgan fingerprint density at radius 2 is 0.627 bits per heavy atom. The summed E-state index contributed by atoms with van der Waals surface area (Å²) in [7, 11) is 0. The van der Waals surface area contributed by atoms with Crippen molar-refractivity contribution in [1.29, 1.82) is 0 Å². The Kier molecular flexibility index (Phi) is 19.3. The van der Waals surface area contributed by atoms with Crippen molar-refractivity contribution in [2.45, 2.75) is 228 Å². The van der Waals surface area contributed by atoms with Crippen LogP contribution in [0, 0.1) is 0 Å². The molecule has 0 fully saturated rings. The van der Waals surface area contributed by atoms with Crippen LogP contribution in [0.4, 0.5) is 0 Å². The summed E-state index contributed by atoms with van der Waals surface area (Å²) in [5.41, 5.74) is 2.30. The van der Waals surface area contributed by atoms with E-state index < -0.39 is 29.0 Å². The van der Waals surface area contributed by atoms with Crippen LogP contribution in [0.1, 0.15) is 207 Å². The number of nitrogens with zero attached hydrogens (tertiary/aromatic N) is 3. The van der Waals surface area contributed by atoms with Gasteiger partial charge in [0, 0.05) is 32.2 Å². The number of hydrogen-bond acceptors (Lipinski definition) is 11. The molecule has 414 valence electrons. The van der Waals surface area contributed by atoms with E-state index >= 15 is 0 Å². The molecule has 0 amide bonds. The van der Waals surface area contributed by atoms with Gasteiger partial charge >= 0.3 is 29.0 Å². The lowest BCUT2D eigenvalue weighted by Crippen LogP contribution is -2.55. The number of carbonyl (C=O) groups is 3. The average molecular weight is 1040 g/mol. The number of ether oxygens (including phenoxy) is 2. The topological polar surface area (TPSA) is 196 Å². The summed E-state index contributed by atoms with van der Waals surface area (Å²) in [5.74, 6) is -0.520. The van der Waals surface area contributed by atoms with Crippen molar-refractivity contribution >= 4 is 17.7 Å². The van der Waals surface area contributed by atoms with Crippen molar-refractivity contribution in [1.82, 2.24) is 13.7 Å². The highest BCUT2D eigenvalue weighted by Crippen LogP contribution is 2.43. The van der Waals surface area contributed by atoms with Gasteiger partial charge in [0.1, 0.15) is 36.2 Å². The molecule has 0 atom stereocenters. The highest BCUT2D eigenvalue weighted by molar-refractivity contribution is 5.78. The van der Waals surface area contributed by atoms with E-state index in [1.165, 1.54) is 0 Å². The smallest absolute Gasteiger partial charge is 0.336 e. The Morgan fingerprint density at radius 1 is 0.387 bits per heavy atom. The Hall–Kier alpha value is -5.92. The number of hydrogen-bond donors (Lipinski definition) is 3. The fourth-order valence-corrected chi connectivity index (χ4v) is 9.18. The largest absolute Gasteiger partial charge is 0.507 e. The van der Waals surface area contributed by atoms with Gasteiger partial charge in [-0.1, -0.05) is 161 Å². The molecule has 3 N–H and O–H groups in total. The van der Waals surface area contributed by atoms with E-state index in [0.717, 1.165) is 63.8 Å². The number of ketones is 1. The quantitative estimate of drug-likeness (QED) is 0.0756. The van der Waals surface area contributed by atoms with E-state index in [2.05, 4.69) is 0 Å². The standard InChI is InChI=1S/C61H89N3O11/c1-56(2,3)42-32-38(33-43(50(42)68)57(4,5)6)21-24-41(65)20-19-27-62-53(71)63(28-30-74-48(66)25-22-39-34-44(58(7,8)9)51(69)45(35-39)59(10,11)12)55(73)64(54(62)72)29-31-75-49(67)26-23-40-36-46(60(13,14)15)52(70)47(37-40)61(16,17)18/h32-37,68-70H,19-31H2,1-18H3. The van der Waals surface area contributed by atoms with Gasteiger partial charge in [-0.25, -0.2) is 28.1 Å². The second kappa shape index (κ2) is 23.5. The minimum absolute atomic E-state index is 0.0134. The zero-order valence-electron chi connectivity index (χ0n) is 48.6. The molecule has 1 aromatic heterocycles. The number of phenolic OH excluding ortho intramolecular Hbond substituents is 3. The molecule has 0 spiro atoms. The molecule has 4 aromatic rings. The number of phenols is 3. The third-order valence-corrected chi connectivity index (χ3v) is 13.7. The highest BCUT2D eigenvalue weighted by atomic mass is 16.5. The van der Waals surface area contributed by atoms with Crippen LogP contribution in [0.25, 0.3) is 0 Å². The molecule has 14 heteroatoms. The predicted octanol–water partition coefficient (Wildman–Crippen LogP) is 10.4. The van der Waals surface area contributed by atoms with Crippen molar-refractivity contribution in [2.24, 2.45) is 0 Å². The molecule has 0 aliphatic heterocycles. The number of carbonyl (C=O) groups excluding carboxylic acids is 3. The van der Waals surface area contributed by atoms with E-state index in [1.54, 1.807) is 0 Å². The van der Waals surface area contributed by atoms with E-state index in [1.807, 2.05) is 161 Å². The van der Waals surface area contributed by atoms with Crippen LogP contribution in [0.2, 0.25) is 0 Å². The second-order valence-electron chi connectivity index (χ2n) is 26.5. The molecule has 14 nitrogen and oxygen atoms in total. The third-order valence-electron chi connectivity index (χ3n) is 13.7. The SMILES string of the molecule is CC(C)(C)c1cc(CCC(=O)CCCn2c(=O)n(CCOC(=O)CCc3cc(C(C)(C)C)c(O)c(C(C)(C)C)c3)c(=O)n(CCOC(=O)CCc3cc(C(C)(C)C)c(O)c(C(C)(C)C)c3)c2=O)cc(C(C)(C)C)c1O. The summed E-state index contributed by atoms with van der Waals surface area (Å²) in [6.45, 7) is 34.6. The number of benzene rings is 3. The van der Waals surface area contributed by atoms with Crippen LogP contribution in [-0.4, -0.2) is 60.0 Å². The van der Waals surface area contributed by atoms with E-state index in [-0.39, 0.29) is 120 Å². The van der Waals surface area contributed by atoms with E-state index in [9.17, 15) is 44.1 Å². The molecule has 3 aromatic carbocycles. The number of aryl methyl sites for hydroxylation is 3. The number of esters is 2. The van der Waals surface area contributed by atoms with Gasteiger partial charge in [-0.05, 0) is 108 Å². The molecular weight excluding hydrogens is 951 g/mol. The normalized spacial score (nSPS) is 12.8. The average Bonchev–Trinajstić information content (AvgIpc) is 3.26. The highest BCUT2D eigenvalue weighted by Gasteiger charge is 2.30. The minimum Gasteiger partial charge on any atom is -0.507 e.